The van der Waals surface area contributed by atoms with Gasteiger partial charge in [0, 0.05) is 19.3 Å². The lowest BCUT2D eigenvalue weighted by Gasteiger charge is -2.11. The number of nitrogens with one attached hydrogen (secondary N) is 1. The fourth-order valence-corrected chi connectivity index (χ4v) is 3.02. The third-order valence-corrected chi connectivity index (χ3v) is 4.64. The molecule has 0 saturated carbocycles. The SMILES string of the molecule is Cc1ncc(OCCC2CCOC2)cc1Nc1ncn(-c2ccccc2)n1. The average molecular weight is 365 g/mol. The van der Waals surface area contributed by atoms with Gasteiger partial charge in [-0.15, -0.1) is 5.10 Å². The van der Waals surface area contributed by atoms with Gasteiger partial charge in [0.1, 0.15) is 12.1 Å². The van der Waals surface area contributed by atoms with E-state index in [0.717, 1.165) is 48.9 Å². The van der Waals surface area contributed by atoms with E-state index in [1.807, 2.05) is 43.3 Å². The summed E-state index contributed by atoms with van der Waals surface area (Å²) in [7, 11) is 0. The zero-order chi connectivity index (χ0) is 18.5. The summed E-state index contributed by atoms with van der Waals surface area (Å²) in [4.78, 5) is 8.75. The number of benzene rings is 1. The summed E-state index contributed by atoms with van der Waals surface area (Å²) in [6, 6.07) is 11.8. The van der Waals surface area contributed by atoms with Gasteiger partial charge in [0.2, 0.25) is 5.95 Å². The first kappa shape index (κ1) is 17.5. The highest BCUT2D eigenvalue weighted by Gasteiger charge is 2.15. The summed E-state index contributed by atoms with van der Waals surface area (Å²) in [6.45, 7) is 4.32. The summed E-state index contributed by atoms with van der Waals surface area (Å²) < 4.78 is 13.0. The van der Waals surface area contributed by atoms with Gasteiger partial charge in [0.05, 0.1) is 29.9 Å². The molecule has 1 aliphatic heterocycles. The predicted octanol–water partition coefficient (Wildman–Crippen LogP) is 3.52. The van der Waals surface area contributed by atoms with Crippen LogP contribution in [0.1, 0.15) is 18.5 Å². The quantitative estimate of drug-likeness (QED) is 0.690. The van der Waals surface area contributed by atoms with Crippen LogP contribution in [0.2, 0.25) is 0 Å². The molecule has 3 aromatic rings. The Morgan fingerprint density at radius 3 is 2.96 bits per heavy atom. The lowest BCUT2D eigenvalue weighted by Crippen LogP contribution is -2.07. The molecule has 1 N–H and O–H groups in total. The van der Waals surface area contributed by atoms with Gasteiger partial charge in [-0.05, 0) is 37.8 Å². The maximum absolute atomic E-state index is 5.87. The van der Waals surface area contributed by atoms with Gasteiger partial charge in [-0.25, -0.2) is 4.68 Å². The van der Waals surface area contributed by atoms with Crippen molar-refractivity contribution in [3.63, 3.8) is 0 Å². The Hall–Kier alpha value is -2.93. The highest BCUT2D eigenvalue weighted by atomic mass is 16.5. The monoisotopic (exact) mass is 365 g/mol. The molecule has 0 radical (unpaired) electrons. The smallest absolute Gasteiger partial charge is 0.247 e. The first-order valence-electron chi connectivity index (χ1n) is 9.19. The Kier molecular flexibility index (Phi) is 5.29. The average Bonchev–Trinajstić information content (AvgIpc) is 3.37. The zero-order valence-electron chi connectivity index (χ0n) is 15.3. The van der Waals surface area contributed by atoms with Crippen molar-refractivity contribution in [3.05, 3.63) is 54.6 Å². The van der Waals surface area contributed by atoms with Crippen molar-refractivity contribution in [2.24, 2.45) is 5.92 Å². The maximum Gasteiger partial charge on any atom is 0.247 e. The highest BCUT2D eigenvalue weighted by molar-refractivity contribution is 5.58. The Bertz CT molecular complexity index is 875. The largest absolute Gasteiger partial charge is 0.492 e. The number of anilines is 2. The van der Waals surface area contributed by atoms with Crippen molar-refractivity contribution in [2.75, 3.05) is 25.1 Å². The van der Waals surface area contributed by atoms with Crippen molar-refractivity contribution in [1.82, 2.24) is 19.7 Å². The van der Waals surface area contributed by atoms with Crippen LogP contribution in [0.15, 0.2) is 48.9 Å². The molecule has 7 heteroatoms. The standard InChI is InChI=1S/C20H23N5O2/c1-15-19(11-18(12-21-15)27-10-8-16-7-9-26-13-16)23-20-22-14-25(24-20)17-5-3-2-4-6-17/h2-6,11-12,14,16H,7-10,13H2,1H3,(H,23,24). The van der Waals surface area contributed by atoms with Crippen LogP contribution in [0.5, 0.6) is 5.75 Å². The molecular weight excluding hydrogens is 342 g/mol. The van der Waals surface area contributed by atoms with Crippen molar-refractivity contribution >= 4 is 11.6 Å². The second kappa shape index (κ2) is 8.18. The molecule has 2 aromatic heterocycles. The predicted molar refractivity (Wildman–Crippen MR) is 103 cm³/mol. The summed E-state index contributed by atoms with van der Waals surface area (Å²) in [5, 5.41) is 7.70. The topological polar surface area (TPSA) is 74.1 Å². The summed E-state index contributed by atoms with van der Waals surface area (Å²) in [5.74, 6) is 1.86. The van der Waals surface area contributed by atoms with E-state index in [-0.39, 0.29) is 0 Å². The first-order chi connectivity index (χ1) is 13.3. The first-order valence-corrected chi connectivity index (χ1v) is 9.19. The van der Waals surface area contributed by atoms with E-state index in [1.165, 1.54) is 0 Å². The number of aromatic nitrogens is 4. The van der Waals surface area contributed by atoms with E-state index in [4.69, 9.17) is 9.47 Å². The highest BCUT2D eigenvalue weighted by Crippen LogP contribution is 2.23. The van der Waals surface area contributed by atoms with Gasteiger partial charge >= 0.3 is 0 Å². The summed E-state index contributed by atoms with van der Waals surface area (Å²) in [5.41, 5.74) is 2.66. The van der Waals surface area contributed by atoms with Crippen LogP contribution in [0.3, 0.4) is 0 Å². The van der Waals surface area contributed by atoms with E-state index in [1.54, 1.807) is 17.2 Å². The Morgan fingerprint density at radius 2 is 2.15 bits per heavy atom. The molecule has 3 heterocycles. The fourth-order valence-electron chi connectivity index (χ4n) is 3.02. The minimum atomic E-state index is 0.518. The van der Waals surface area contributed by atoms with Crippen LogP contribution in [0, 0.1) is 12.8 Å². The number of rotatable bonds is 7. The van der Waals surface area contributed by atoms with Crippen LogP contribution in [0.4, 0.5) is 11.6 Å². The van der Waals surface area contributed by atoms with Gasteiger partial charge in [-0.3, -0.25) is 4.98 Å². The van der Waals surface area contributed by atoms with Crippen LogP contribution in [-0.4, -0.2) is 39.6 Å². The van der Waals surface area contributed by atoms with Crippen LogP contribution >= 0.6 is 0 Å². The number of hydrogen-bond donors (Lipinski definition) is 1. The molecule has 0 spiro atoms. The van der Waals surface area contributed by atoms with Crippen molar-refractivity contribution in [2.45, 2.75) is 19.8 Å². The van der Waals surface area contributed by atoms with E-state index in [0.29, 0.717) is 18.5 Å². The summed E-state index contributed by atoms with van der Waals surface area (Å²) in [6.07, 6.45) is 5.56. The lowest BCUT2D eigenvalue weighted by atomic mass is 10.1. The number of hydrogen-bond acceptors (Lipinski definition) is 6. The minimum Gasteiger partial charge on any atom is -0.492 e. The second-order valence-electron chi connectivity index (χ2n) is 6.64. The number of nitrogens with zero attached hydrogens (tertiary/aromatic N) is 4. The zero-order valence-corrected chi connectivity index (χ0v) is 15.3. The molecule has 1 saturated heterocycles. The summed E-state index contributed by atoms with van der Waals surface area (Å²) >= 11 is 0. The van der Waals surface area contributed by atoms with Crippen molar-refractivity contribution < 1.29 is 9.47 Å². The molecule has 4 rings (SSSR count). The molecule has 0 amide bonds. The van der Waals surface area contributed by atoms with Gasteiger partial charge in [-0.2, -0.15) is 4.98 Å². The van der Waals surface area contributed by atoms with Crippen LogP contribution in [0.25, 0.3) is 5.69 Å². The van der Waals surface area contributed by atoms with Gasteiger partial charge in [0.15, 0.2) is 0 Å². The van der Waals surface area contributed by atoms with Crippen molar-refractivity contribution in [3.8, 4) is 11.4 Å². The minimum absolute atomic E-state index is 0.518. The molecule has 1 unspecified atom stereocenters. The van der Waals surface area contributed by atoms with E-state index >= 15 is 0 Å². The third-order valence-electron chi connectivity index (χ3n) is 4.64. The van der Waals surface area contributed by atoms with E-state index < -0.39 is 0 Å². The maximum atomic E-state index is 5.87. The van der Waals surface area contributed by atoms with Crippen LogP contribution in [-0.2, 0) is 4.74 Å². The number of ether oxygens (including phenoxy) is 2. The molecule has 1 aliphatic rings. The molecule has 1 fully saturated rings. The molecule has 1 atom stereocenters. The molecule has 7 nitrogen and oxygen atoms in total. The normalized spacial score (nSPS) is 16.4. The molecule has 27 heavy (non-hydrogen) atoms. The Morgan fingerprint density at radius 1 is 1.26 bits per heavy atom. The van der Waals surface area contributed by atoms with E-state index in [2.05, 4.69) is 20.4 Å². The van der Waals surface area contributed by atoms with Crippen molar-refractivity contribution in [1.29, 1.82) is 0 Å². The van der Waals surface area contributed by atoms with Crippen LogP contribution < -0.4 is 10.1 Å². The molecule has 0 aliphatic carbocycles. The number of para-hydroxylation sites is 1. The molecule has 0 bridgehead atoms. The molecule has 140 valence electrons. The number of aryl methyl sites for hydroxylation is 1. The number of pyridine rings is 1. The Labute approximate surface area is 158 Å². The van der Waals surface area contributed by atoms with Gasteiger partial charge in [0.25, 0.3) is 0 Å². The second-order valence-corrected chi connectivity index (χ2v) is 6.64. The Balaban J connectivity index is 1.40. The molecule has 1 aromatic carbocycles. The fraction of sp³-hybridized carbons (Fsp3) is 0.350. The third kappa shape index (κ3) is 4.43. The van der Waals surface area contributed by atoms with E-state index in [9.17, 15) is 0 Å². The van der Waals surface area contributed by atoms with Gasteiger partial charge in [-0.1, -0.05) is 18.2 Å². The van der Waals surface area contributed by atoms with Gasteiger partial charge < -0.3 is 14.8 Å². The molecular formula is C20H23N5O2. The lowest BCUT2D eigenvalue weighted by molar-refractivity contribution is 0.178.